The maximum Gasteiger partial charge on any atom is 0.416 e. The van der Waals surface area contributed by atoms with Crippen molar-refractivity contribution in [3.63, 3.8) is 0 Å². The van der Waals surface area contributed by atoms with Crippen molar-refractivity contribution < 1.29 is 37.0 Å². The van der Waals surface area contributed by atoms with Crippen molar-refractivity contribution in [2.24, 2.45) is 23.2 Å². The van der Waals surface area contributed by atoms with Crippen LogP contribution in [0.1, 0.15) is 96.1 Å². The van der Waals surface area contributed by atoms with Crippen LogP contribution in [0.25, 0.3) is 0 Å². The number of methoxy groups -OCH3 is 1. The van der Waals surface area contributed by atoms with Crippen LogP contribution in [0.4, 0.5) is 13.2 Å². The summed E-state index contributed by atoms with van der Waals surface area (Å²) in [5.41, 5.74) is -1.06. The highest BCUT2D eigenvalue weighted by Crippen LogP contribution is 2.56. The van der Waals surface area contributed by atoms with E-state index in [0.29, 0.717) is 17.8 Å². The number of ether oxygens (including phenoxy) is 2. The van der Waals surface area contributed by atoms with Crippen molar-refractivity contribution in [1.29, 1.82) is 0 Å². The molecule has 10 heteroatoms. The molecule has 2 amide bonds. The van der Waals surface area contributed by atoms with Gasteiger partial charge in [-0.3, -0.25) is 14.4 Å². The maximum atomic E-state index is 14.1. The maximum absolute atomic E-state index is 14.1. The SMILES string of the molecule is CCCCCCCCN1C(=O)[C@@H](CC(=O)NCc2cccc(C(F)(F)F)c2)C[C@@]2(C(=O)OC)C1=C[C@H](C(C)C)O[C@@H]2C1CC1. The summed E-state index contributed by atoms with van der Waals surface area (Å²) in [4.78, 5) is 42.9. The fourth-order valence-corrected chi connectivity index (χ4v) is 6.68. The van der Waals surface area contributed by atoms with Crippen molar-refractivity contribution in [3.05, 3.63) is 47.2 Å². The first-order chi connectivity index (χ1) is 20.9. The lowest BCUT2D eigenvalue weighted by Crippen LogP contribution is -2.62. The fourth-order valence-electron chi connectivity index (χ4n) is 6.68. The molecule has 2 heterocycles. The van der Waals surface area contributed by atoms with Crippen LogP contribution in [0.2, 0.25) is 0 Å². The van der Waals surface area contributed by atoms with Gasteiger partial charge in [0.05, 0.1) is 24.9 Å². The molecule has 0 spiro atoms. The third kappa shape index (κ3) is 7.66. The molecule has 1 aromatic carbocycles. The number of likely N-dealkylation sites (tertiary alicyclic amines) is 1. The molecule has 4 atom stereocenters. The Morgan fingerprint density at radius 1 is 1.14 bits per heavy atom. The van der Waals surface area contributed by atoms with Crippen molar-refractivity contribution in [2.45, 2.75) is 110 Å². The minimum atomic E-state index is -4.49. The zero-order chi connectivity index (χ0) is 32.1. The molecule has 0 unspecified atom stereocenters. The van der Waals surface area contributed by atoms with E-state index >= 15 is 0 Å². The van der Waals surface area contributed by atoms with Gasteiger partial charge in [-0.2, -0.15) is 13.2 Å². The Kier molecular flexibility index (Phi) is 11.2. The molecule has 1 aromatic rings. The second kappa shape index (κ2) is 14.5. The van der Waals surface area contributed by atoms with E-state index in [-0.39, 0.29) is 43.2 Å². The summed E-state index contributed by atoms with van der Waals surface area (Å²) in [5, 5.41) is 2.69. The van der Waals surface area contributed by atoms with Crippen LogP contribution >= 0.6 is 0 Å². The molecule has 244 valence electrons. The number of alkyl halides is 3. The average Bonchev–Trinajstić information content (AvgIpc) is 3.83. The molecule has 1 aliphatic carbocycles. The number of fused-ring (bicyclic) bond motifs is 1. The Balaban J connectivity index is 1.60. The van der Waals surface area contributed by atoms with Crippen molar-refractivity contribution in [1.82, 2.24) is 10.2 Å². The summed E-state index contributed by atoms with van der Waals surface area (Å²) in [6, 6.07) is 4.79. The van der Waals surface area contributed by atoms with Crippen LogP contribution in [-0.4, -0.2) is 48.5 Å². The van der Waals surface area contributed by atoms with Gasteiger partial charge in [0, 0.05) is 31.1 Å². The summed E-state index contributed by atoms with van der Waals surface area (Å²) < 4.78 is 51.5. The molecule has 44 heavy (non-hydrogen) atoms. The molecule has 7 nitrogen and oxygen atoms in total. The summed E-state index contributed by atoms with van der Waals surface area (Å²) in [6.07, 6.45) is 4.60. The number of benzene rings is 1. The molecule has 0 radical (unpaired) electrons. The number of amides is 2. The van der Waals surface area contributed by atoms with E-state index in [1.54, 1.807) is 4.90 Å². The molecule has 1 saturated carbocycles. The Morgan fingerprint density at radius 2 is 1.84 bits per heavy atom. The van der Waals surface area contributed by atoms with Crippen LogP contribution in [-0.2, 0) is 36.6 Å². The number of carbonyl (C=O) groups is 3. The number of unbranched alkanes of at least 4 members (excludes halogenated alkanes) is 5. The van der Waals surface area contributed by atoms with Crippen molar-refractivity contribution >= 4 is 17.8 Å². The first-order valence-corrected chi connectivity index (χ1v) is 16.1. The Labute approximate surface area is 258 Å². The lowest BCUT2D eigenvalue weighted by Gasteiger charge is -2.53. The van der Waals surface area contributed by atoms with Gasteiger partial charge in [-0.05, 0) is 61.3 Å². The topological polar surface area (TPSA) is 84.9 Å². The fraction of sp³-hybridized carbons (Fsp3) is 0.676. The summed E-state index contributed by atoms with van der Waals surface area (Å²) in [5.74, 6) is -1.67. The molecule has 0 aromatic heterocycles. The third-order valence-corrected chi connectivity index (χ3v) is 9.21. The number of carbonyl (C=O) groups excluding carboxylic acids is 3. The first kappa shape index (κ1) is 34.0. The van der Waals surface area contributed by atoms with Crippen LogP contribution < -0.4 is 5.32 Å². The average molecular weight is 621 g/mol. The second-order valence-corrected chi connectivity index (χ2v) is 13.0. The third-order valence-electron chi connectivity index (χ3n) is 9.21. The molecule has 0 bridgehead atoms. The van der Waals surface area contributed by atoms with E-state index in [0.717, 1.165) is 63.5 Å². The zero-order valence-electron chi connectivity index (χ0n) is 26.4. The Morgan fingerprint density at radius 3 is 2.48 bits per heavy atom. The standard InChI is InChI=1S/C34H47F3N2O5/c1-5-6-7-8-9-10-16-39-28-19-27(22(2)3)44-30(24-14-15-24)33(28,32(42)43-4)20-25(31(39)41)18-29(40)38-21-23-12-11-13-26(17-23)34(35,36)37/h11-13,17,19,22,24-25,27,30H,5-10,14-16,18,20-21H2,1-4H3,(H,38,40)/t25-,27+,30+,33+/m0/s1. The smallest absolute Gasteiger partial charge is 0.416 e. The van der Waals surface area contributed by atoms with Crippen LogP contribution in [0.15, 0.2) is 36.0 Å². The molecule has 1 N–H and O–H groups in total. The minimum Gasteiger partial charge on any atom is -0.468 e. The van der Waals surface area contributed by atoms with Gasteiger partial charge in [0.25, 0.3) is 0 Å². The number of piperidine rings is 1. The monoisotopic (exact) mass is 620 g/mol. The van der Waals surface area contributed by atoms with Gasteiger partial charge in [-0.15, -0.1) is 0 Å². The number of halogens is 3. The highest BCUT2D eigenvalue weighted by Gasteiger charge is 2.63. The van der Waals surface area contributed by atoms with Gasteiger partial charge in [-0.1, -0.05) is 65.0 Å². The predicted octanol–water partition coefficient (Wildman–Crippen LogP) is 6.80. The van der Waals surface area contributed by atoms with Gasteiger partial charge in [0.1, 0.15) is 5.41 Å². The zero-order valence-corrected chi connectivity index (χ0v) is 26.4. The molecule has 2 fully saturated rings. The van der Waals surface area contributed by atoms with Gasteiger partial charge >= 0.3 is 12.1 Å². The lowest BCUT2D eigenvalue weighted by molar-refractivity contribution is -0.182. The largest absolute Gasteiger partial charge is 0.468 e. The first-order valence-electron chi connectivity index (χ1n) is 16.1. The van der Waals surface area contributed by atoms with E-state index in [1.807, 2.05) is 6.08 Å². The Hall–Kier alpha value is -2.88. The minimum absolute atomic E-state index is 0.0836. The van der Waals surface area contributed by atoms with E-state index < -0.39 is 41.1 Å². The summed E-state index contributed by atoms with van der Waals surface area (Å²) in [6.45, 7) is 6.59. The molecule has 1 saturated heterocycles. The van der Waals surface area contributed by atoms with Gasteiger partial charge in [0.15, 0.2) is 0 Å². The van der Waals surface area contributed by atoms with Gasteiger partial charge in [-0.25, -0.2) is 0 Å². The predicted molar refractivity (Wildman–Crippen MR) is 160 cm³/mol. The number of hydrogen-bond acceptors (Lipinski definition) is 5. The van der Waals surface area contributed by atoms with Crippen LogP contribution in [0, 0.1) is 23.2 Å². The number of hydrogen-bond donors (Lipinski definition) is 1. The van der Waals surface area contributed by atoms with Crippen molar-refractivity contribution in [3.8, 4) is 0 Å². The van der Waals surface area contributed by atoms with Gasteiger partial charge in [0.2, 0.25) is 11.8 Å². The highest BCUT2D eigenvalue weighted by molar-refractivity contribution is 5.92. The highest BCUT2D eigenvalue weighted by atomic mass is 19.4. The Bertz CT molecular complexity index is 1210. The number of nitrogens with zero attached hydrogens (tertiary/aromatic N) is 1. The molecular formula is C34H47F3N2O5. The van der Waals surface area contributed by atoms with Crippen LogP contribution in [0.5, 0.6) is 0 Å². The van der Waals surface area contributed by atoms with E-state index in [9.17, 15) is 27.6 Å². The lowest BCUT2D eigenvalue weighted by atomic mass is 9.64. The van der Waals surface area contributed by atoms with Crippen LogP contribution in [0.3, 0.4) is 0 Å². The van der Waals surface area contributed by atoms with Gasteiger partial charge < -0.3 is 19.7 Å². The number of esters is 1. The number of nitrogens with one attached hydrogen (secondary N) is 1. The van der Waals surface area contributed by atoms with Crippen molar-refractivity contribution in [2.75, 3.05) is 13.7 Å². The quantitative estimate of drug-likeness (QED) is 0.183. The molecule has 4 rings (SSSR count). The van der Waals surface area contributed by atoms with E-state index in [1.165, 1.54) is 19.2 Å². The van der Waals surface area contributed by atoms with E-state index in [2.05, 4.69) is 26.1 Å². The molecular weight excluding hydrogens is 573 g/mol. The molecule has 2 aliphatic heterocycles. The van der Waals surface area contributed by atoms with E-state index in [4.69, 9.17) is 9.47 Å². The normalized spacial score (nSPS) is 25.5. The molecule has 3 aliphatic rings. The second-order valence-electron chi connectivity index (χ2n) is 13.0. The summed E-state index contributed by atoms with van der Waals surface area (Å²) >= 11 is 0. The summed E-state index contributed by atoms with van der Waals surface area (Å²) in [7, 11) is 1.35. The number of rotatable bonds is 14.